The summed E-state index contributed by atoms with van der Waals surface area (Å²) in [6.07, 6.45) is 5.32. The zero-order valence-corrected chi connectivity index (χ0v) is 8.54. The third-order valence-electron chi connectivity index (χ3n) is 1.87. The van der Waals surface area contributed by atoms with Gasteiger partial charge >= 0.3 is 0 Å². The predicted molar refractivity (Wildman–Crippen MR) is 61.7 cm³/mol. The van der Waals surface area contributed by atoms with E-state index in [2.05, 4.69) is 18.5 Å². The minimum atomic E-state index is -0.218. The van der Waals surface area contributed by atoms with Gasteiger partial charge in [0.1, 0.15) is 5.82 Å². The van der Waals surface area contributed by atoms with Crippen molar-refractivity contribution in [3.8, 4) is 0 Å². The fourth-order valence-electron chi connectivity index (χ4n) is 1.06. The molecule has 0 aliphatic rings. The normalized spacial score (nSPS) is 10.2. The van der Waals surface area contributed by atoms with Crippen LogP contribution in [0, 0.1) is 5.82 Å². The lowest BCUT2D eigenvalue weighted by Crippen LogP contribution is -2.09. The van der Waals surface area contributed by atoms with Gasteiger partial charge in [-0.15, -0.1) is 0 Å². The van der Waals surface area contributed by atoms with Gasteiger partial charge in [0.25, 0.3) is 0 Å². The van der Waals surface area contributed by atoms with E-state index in [0.717, 1.165) is 11.3 Å². The topological polar surface area (TPSA) is 12.0 Å². The SMILES string of the molecule is C=C/C=C\C(=C)NCc1ccc(F)cc1. The van der Waals surface area contributed by atoms with Crippen LogP contribution in [0.4, 0.5) is 4.39 Å². The molecule has 0 saturated carbocycles. The van der Waals surface area contributed by atoms with Gasteiger partial charge in [0.15, 0.2) is 0 Å². The van der Waals surface area contributed by atoms with E-state index >= 15 is 0 Å². The van der Waals surface area contributed by atoms with E-state index in [-0.39, 0.29) is 5.82 Å². The monoisotopic (exact) mass is 203 g/mol. The molecule has 0 fully saturated rings. The highest BCUT2D eigenvalue weighted by Crippen LogP contribution is 2.03. The minimum Gasteiger partial charge on any atom is -0.381 e. The average molecular weight is 203 g/mol. The van der Waals surface area contributed by atoms with Crippen LogP contribution >= 0.6 is 0 Å². The molecule has 1 rings (SSSR count). The molecule has 1 aromatic carbocycles. The Hall–Kier alpha value is -1.83. The van der Waals surface area contributed by atoms with Gasteiger partial charge < -0.3 is 5.32 Å². The molecule has 0 spiro atoms. The number of halogens is 1. The second-order valence-electron chi connectivity index (χ2n) is 3.10. The minimum absolute atomic E-state index is 0.218. The molecule has 2 heteroatoms. The maximum Gasteiger partial charge on any atom is 0.123 e. The molecule has 0 amide bonds. The molecule has 0 atom stereocenters. The molecule has 0 saturated heterocycles. The van der Waals surface area contributed by atoms with Crippen LogP contribution in [0.2, 0.25) is 0 Å². The maximum atomic E-state index is 12.6. The Balaban J connectivity index is 2.43. The van der Waals surface area contributed by atoms with E-state index in [1.807, 2.05) is 6.08 Å². The lowest BCUT2D eigenvalue weighted by Gasteiger charge is -2.05. The van der Waals surface area contributed by atoms with E-state index in [0.29, 0.717) is 6.54 Å². The summed E-state index contributed by atoms with van der Waals surface area (Å²) in [5.41, 5.74) is 1.82. The van der Waals surface area contributed by atoms with Crippen LogP contribution in [0.3, 0.4) is 0 Å². The lowest BCUT2D eigenvalue weighted by atomic mass is 10.2. The molecule has 1 aromatic rings. The van der Waals surface area contributed by atoms with Gasteiger partial charge in [-0.1, -0.05) is 37.4 Å². The molecule has 15 heavy (non-hydrogen) atoms. The summed E-state index contributed by atoms with van der Waals surface area (Å²) in [4.78, 5) is 0. The first-order valence-electron chi connectivity index (χ1n) is 4.68. The predicted octanol–water partition coefficient (Wildman–Crippen LogP) is 3.17. The second kappa shape index (κ2) is 5.81. The first kappa shape index (κ1) is 11.2. The molecule has 0 bridgehead atoms. The van der Waals surface area contributed by atoms with Crippen LogP contribution in [0.5, 0.6) is 0 Å². The number of hydrogen-bond acceptors (Lipinski definition) is 1. The third kappa shape index (κ3) is 4.27. The molecule has 0 radical (unpaired) electrons. The fourth-order valence-corrected chi connectivity index (χ4v) is 1.06. The Labute approximate surface area is 89.6 Å². The zero-order chi connectivity index (χ0) is 11.1. The molecule has 0 aromatic heterocycles. The average Bonchev–Trinajstić information content (AvgIpc) is 2.25. The number of hydrogen-bond donors (Lipinski definition) is 1. The van der Waals surface area contributed by atoms with Crippen LogP contribution in [0.25, 0.3) is 0 Å². The summed E-state index contributed by atoms with van der Waals surface area (Å²) >= 11 is 0. The number of allylic oxidation sites excluding steroid dienone is 3. The van der Waals surface area contributed by atoms with Crippen LogP contribution in [-0.2, 0) is 6.54 Å². The Morgan fingerprint density at radius 1 is 1.33 bits per heavy atom. The molecule has 0 heterocycles. The first-order chi connectivity index (χ1) is 7.22. The fraction of sp³-hybridized carbons (Fsp3) is 0.0769. The van der Waals surface area contributed by atoms with E-state index in [1.165, 1.54) is 12.1 Å². The molecular formula is C13H14FN. The number of nitrogens with one attached hydrogen (secondary N) is 1. The van der Waals surface area contributed by atoms with E-state index in [9.17, 15) is 4.39 Å². The van der Waals surface area contributed by atoms with Crippen molar-refractivity contribution in [2.75, 3.05) is 0 Å². The summed E-state index contributed by atoms with van der Waals surface area (Å²) in [7, 11) is 0. The van der Waals surface area contributed by atoms with E-state index in [1.54, 1.807) is 24.3 Å². The molecule has 0 unspecified atom stereocenters. The van der Waals surface area contributed by atoms with Gasteiger partial charge in [-0.05, 0) is 23.8 Å². The van der Waals surface area contributed by atoms with Crippen molar-refractivity contribution >= 4 is 0 Å². The first-order valence-corrected chi connectivity index (χ1v) is 4.68. The highest BCUT2D eigenvalue weighted by molar-refractivity contribution is 5.20. The summed E-state index contributed by atoms with van der Waals surface area (Å²) in [5.74, 6) is -0.218. The van der Waals surface area contributed by atoms with Crippen LogP contribution in [-0.4, -0.2) is 0 Å². The molecule has 1 N–H and O–H groups in total. The summed E-state index contributed by atoms with van der Waals surface area (Å²) in [5, 5.41) is 3.10. The van der Waals surface area contributed by atoms with Gasteiger partial charge in [-0.2, -0.15) is 0 Å². The zero-order valence-electron chi connectivity index (χ0n) is 8.54. The standard InChI is InChI=1S/C13H14FN/c1-3-4-5-11(2)15-10-12-6-8-13(14)9-7-12/h3-9,15H,1-2,10H2/b5-4-. The van der Waals surface area contributed by atoms with Gasteiger partial charge in [-0.3, -0.25) is 0 Å². The Morgan fingerprint density at radius 3 is 2.60 bits per heavy atom. The largest absolute Gasteiger partial charge is 0.381 e. The van der Waals surface area contributed by atoms with Crippen molar-refractivity contribution in [1.82, 2.24) is 5.32 Å². The smallest absolute Gasteiger partial charge is 0.123 e. The Bertz CT molecular complexity index is 363. The van der Waals surface area contributed by atoms with Crippen LogP contribution in [0.15, 0.2) is 61.3 Å². The van der Waals surface area contributed by atoms with Gasteiger partial charge in [0, 0.05) is 12.2 Å². The van der Waals surface area contributed by atoms with Crippen molar-refractivity contribution in [3.05, 3.63) is 72.7 Å². The second-order valence-corrected chi connectivity index (χ2v) is 3.10. The molecule has 1 nitrogen and oxygen atoms in total. The van der Waals surface area contributed by atoms with Gasteiger partial charge in [-0.25, -0.2) is 4.39 Å². The van der Waals surface area contributed by atoms with Crippen molar-refractivity contribution in [2.45, 2.75) is 6.54 Å². The van der Waals surface area contributed by atoms with Crippen molar-refractivity contribution in [2.24, 2.45) is 0 Å². The summed E-state index contributed by atoms with van der Waals surface area (Å²) in [6.45, 7) is 8.01. The quantitative estimate of drug-likeness (QED) is 0.725. The Kier molecular flexibility index (Phi) is 4.35. The molecular weight excluding hydrogens is 189 g/mol. The number of rotatable bonds is 5. The lowest BCUT2D eigenvalue weighted by molar-refractivity contribution is 0.626. The molecule has 0 aliphatic heterocycles. The van der Waals surface area contributed by atoms with Gasteiger partial charge in [0.05, 0.1) is 0 Å². The maximum absolute atomic E-state index is 12.6. The van der Waals surface area contributed by atoms with Crippen LogP contribution in [0.1, 0.15) is 5.56 Å². The van der Waals surface area contributed by atoms with Gasteiger partial charge in [0.2, 0.25) is 0 Å². The van der Waals surface area contributed by atoms with Crippen molar-refractivity contribution in [1.29, 1.82) is 0 Å². The summed E-state index contributed by atoms with van der Waals surface area (Å²) < 4.78 is 12.6. The summed E-state index contributed by atoms with van der Waals surface area (Å²) in [6, 6.07) is 6.37. The highest BCUT2D eigenvalue weighted by atomic mass is 19.1. The third-order valence-corrected chi connectivity index (χ3v) is 1.87. The van der Waals surface area contributed by atoms with E-state index < -0.39 is 0 Å². The molecule has 0 aliphatic carbocycles. The Morgan fingerprint density at radius 2 is 2.00 bits per heavy atom. The van der Waals surface area contributed by atoms with E-state index in [4.69, 9.17) is 0 Å². The van der Waals surface area contributed by atoms with Crippen molar-refractivity contribution in [3.63, 3.8) is 0 Å². The van der Waals surface area contributed by atoms with Crippen molar-refractivity contribution < 1.29 is 4.39 Å². The molecule has 78 valence electrons. The van der Waals surface area contributed by atoms with Crippen LogP contribution < -0.4 is 5.32 Å². The highest BCUT2D eigenvalue weighted by Gasteiger charge is 1.93. The number of benzene rings is 1.